The summed E-state index contributed by atoms with van der Waals surface area (Å²) in [5, 5.41) is 0. The highest BCUT2D eigenvalue weighted by Gasteiger charge is 1.98. The number of ether oxygens (including phenoxy) is 1. The van der Waals surface area contributed by atoms with Crippen molar-refractivity contribution in [1.82, 2.24) is 0 Å². The largest absolute Gasteiger partial charge is 0.489 e. The van der Waals surface area contributed by atoms with Gasteiger partial charge in [0.05, 0.1) is 0 Å². The standard InChI is InChI=1S/C14H12ClFO/c15-9-11-4-6-14(7-5-11)17-10-12-2-1-3-13(16)8-12/h1-8H,9-10H2. The van der Waals surface area contributed by atoms with Gasteiger partial charge in [-0.25, -0.2) is 4.39 Å². The molecule has 0 unspecified atom stereocenters. The molecule has 0 radical (unpaired) electrons. The third kappa shape index (κ3) is 3.46. The molecule has 0 spiro atoms. The Bertz CT molecular complexity index is 482. The van der Waals surface area contributed by atoms with E-state index in [1.165, 1.54) is 12.1 Å². The topological polar surface area (TPSA) is 9.23 Å². The number of alkyl halides is 1. The van der Waals surface area contributed by atoms with E-state index in [0.29, 0.717) is 12.5 Å². The van der Waals surface area contributed by atoms with Crippen LogP contribution in [0.15, 0.2) is 48.5 Å². The van der Waals surface area contributed by atoms with Gasteiger partial charge in [0, 0.05) is 5.88 Å². The Hall–Kier alpha value is -1.54. The van der Waals surface area contributed by atoms with Crippen molar-refractivity contribution in [3.8, 4) is 5.75 Å². The predicted molar refractivity (Wildman–Crippen MR) is 66.7 cm³/mol. The lowest BCUT2D eigenvalue weighted by atomic mass is 10.2. The first kappa shape index (κ1) is 11.9. The summed E-state index contributed by atoms with van der Waals surface area (Å²) in [6, 6.07) is 13.9. The van der Waals surface area contributed by atoms with E-state index in [2.05, 4.69) is 0 Å². The molecule has 0 fully saturated rings. The van der Waals surface area contributed by atoms with Crippen molar-refractivity contribution in [2.75, 3.05) is 0 Å². The fourth-order valence-corrected chi connectivity index (χ4v) is 1.65. The van der Waals surface area contributed by atoms with Crippen molar-refractivity contribution in [2.24, 2.45) is 0 Å². The molecule has 2 aromatic carbocycles. The lowest BCUT2D eigenvalue weighted by molar-refractivity contribution is 0.305. The second-order valence-corrected chi connectivity index (χ2v) is 3.96. The minimum Gasteiger partial charge on any atom is -0.489 e. The smallest absolute Gasteiger partial charge is 0.123 e. The van der Waals surface area contributed by atoms with Crippen molar-refractivity contribution in [1.29, 1.82) is 0 Å². The van der Waals surface area contributed by atoms with Gasteiger partial charge in [-0.1, -0.05) is 24.3 Å². The maximum Gasteiger partial charge on any atom is 0.123 e. The summed E-state index contributed by atoms with van der Waals surface area (Å²) in [6.07, 6.45) is 0. The van der Waals surface area contributed by atoms with Crippen LogP contribution in [0.2, 0.25) is 0 Å². The molecular weight excluding hydrogens is 239 g/mol. The lowest BCUT2D eigenvalue weighted by Crippen LogP contribution is -1.95. The summed E-state index contributed by atoms with van der Waals surface area (Å²) in [5.74, 6) is 0.996. The minimum atomic E-state index is -0.247. The first-order valence-corrected chi connectivity index (χ1v) is 5.83. The Morgan fingerprint density at radius 1 is 1.00 bits per heavy atom. The van der Waals surface area contributed by atoms with Gasteiger partial charge in [-0.3, -0.25) is 0 Å². The molecule has 0 aromatic heterocycles. The molecule has 0 bridgehead atoms. The predicted octanol–water partition coefficient (Wildman–Crippen LogP) is 4.14. The van der Waals surface area contributed by atoms with E-state index >= 15 is 0 Å². The van der Waals surface area contributed by atoms with Crippen LogP contribution < -0.4 is 4.74 Å². The molecule has 0 heterocycles. The molecular formula is C14H12ClFO. The molecule has 0 aliphatic rings. The Kier molecular flexibility index (Phi) is 3.99. The van der Waals surface area contributed by atoms with Gasteiger partial charge in [-0.15, -0.1) is 11.6 Å². The van der Waals surface area contributed by atoms with Crippen LogP contribution in [0.25, 0.3) is 0 Å². The van der Waals surface area contributed by atoms with Crippen LogP contribution in [-0.2, 0) is 12.5 Å². The van der Waals surface area contributed by atoms with Crippen LogP contribution in [0.3, 0.4) is 0 Å². The van der Waals surface area contributed by atoms with E-state index in [1.807, 2.05) is 30.3 Å². The van der Waals surface area contributed by atoms with E-state index in [-0.39, 0.29) is 5.82 Å². The lowest BCUT2D eigenvalue weighted by Gasteiger charge is -2.06. The first-order valence-electron chi connectivity index (χ1n) is 5.30. The van der Waals surface area contributed by atoms with Crippen molar-refractivity contribution < 1.29 is 9.13 Å². The average Bonchev–Trinajstić information content (AvgIpc) is 2.37. The molecule has 2 aromatic rings. The molecule has 17 heavy (non-hydrogen) atoms. The second-order valence-electron chi connectivity index (χ2n) is 3.70. The summed E-state index contributed by atoms with van der Waals surface area (Å²) in [6.45, 7) is 0.359. The molecule has 2 rings (SSSR count). The SMILES string of the molecule is Fc1cccc(COc2ccc(CCl)cc2)c1. The van der Waals surface area contributed by atoms with Crippen LogP contribution in [-0.4, -0.2) is 0 Å². The monoisotopic (exact) mass is 250 g/mol. The number of hydrogen-bond acceptors (Lipinski definition) is 1. The van der Waals surface area contributed by atoms with E-state index < -0.39 is 0 Å². The molecule has 3 heteroatoms. The molecule has 0 N–H and O–H groups in total. The second kappa shape index (κ2) is 5.69. The Morgan fingerprint density at radius 3 is 2.41 bits per heavy atom. The van der Waals surface area contributed by atoms with Gasteiger partial charge in [-0.05, 0) is 35.4 Å². The van der Waals surface area contributed by atoms with Gasteiger partial charge >= 0.3 is 0 Å². The van der Waals surface area contributed by atoms with Gasteiger partial charge in [0.2, 0.25) is 0 Å². The van der Waals surface area contributed by atoms with Crippen LogP contribution in [0.4, 0.5) is 4.39 Å². The van der Waals surface area contributed by atoms with E-state index in [0.717, 1.165) is 16.9 Å². The maximum atomic E-state index is 12.9. The third-order valence-electron chi connectivity index (χ3n) is 2.37. The van der Waals surface area contributed by atoms with E-state index in [1.54, 1.807) is 6.07 Å². The van der Waals surface area contributed by atoms with Crippen LogP contribution >= 0.6 is 11.6 Å². The summed E-state index contributed by atoms with van der Waals surface area (Å²) >= 11 is 5.69. The highest BCUT2D eigenvalue weighted by Crippen LogP contribution is 2.15. The van der Waals surface area contributed by atoms with E-state index in [4.69, 9.17) is 16.3 Å². The number of benzene rings is 2. The zero-order valence-corrected chi connectivity index (χ0v) is 9.95. The normalized spacial score (nSPS) is 10.2. The number of rotatable bonds is 4. The quantitative estimate of drug-likeness (QED) is 0.741. The van der Waals surface area contributed by atoms with Crippen molar-refractivity contribution in [3.05, 3.63) is 65.5 Å². The zero-order valence-electron chi connectivity index (χ0n) is 9.20. The molecule has 0 aliphatic heterocycles. The third-order valence-corrected chi connectivity index (χ3v) is 2.68. The number of halogens is 2. The Balaban J connectivity index is 1.97. The fourth-order valence-electron chi connectivity index (χ4n) is 1.47. The van der Waals surface area contributed by atoms with Crippen molar-refractivity contribution >= 4 is 11.6 Å². The van der Waals surface area contributed by atoms with Gasteiger partial charge in [0.15, 0.2) is 0 Å². The minimum absolute atomic E-state index is 0.247. The summed E-state index contributed by atoms with van der Waals surface area (Å²) in [5.41, 5.74) is 1.86. The Labute approximate surface area is 105 Å². The highest BCUT2D eigenvalue weighted by atomic mass is 35.5. The molecule has 1 nitrogen and oxygen atoms in total. The molecule has 0 amide bonds. The van der Waals surface area contributed by atoms with Gasteiger partial charge in [-0.2, -0.15) is 0 Å². The zero-order chi connectivity index (χ0) is 12.1. The van der Waals surface area contributed by atoms with Gasteiger partial charge in [0.25, 0.3) is 0 Å². The van der Waals surface area contributed by atoms with Crippen molar-refractivity contribution in [2.45, 2.75) is 12.5 Å². The molecule has 0 saturated heterocycles. The first-order chi connectivity index (χ1) is 8.28. The highest BCUT2D eigenvalue weighted by molar-refractivity contribution is 6.17. The Morgan fingerprint density at radius 2 is 1.76 bits per heavy atom. The average molecular weight is 251 g/mol. The summed E-state index contributed by atoms with van der Waals surface area (Å²) < 4.78 is 18.5. The van der Waals surface area contributed by atoms with Gasteiger partial charge < -0.3 is 4.74 Å². The maximum absolute atomic E-state index is 12.9. The summed E-state index contributed by atoms with van der Waals surface area (Å²) in [7, 11) is 0. The van der Waals surface area contributed by atoms with Crippen molar-refractivity contribution in [3.63, 3.8) is 0 Å². The fraction of sp³-hybridized carbons (Fsp3) is 0.143. The van der Waals surface area contributed by atoms with Crippen LogP contribution in [0.1, 0.15) is 11.1 Å². The summed E-state index contributed by atoms with van der Waals surface area (Å²) in [4.78, 5) is 0. The molecule has 0 aliphatic carbocycles. The van der Waals surface area contributed by atoms with Crippen LogP contribution in [0, 0.1) is 5.82 Å². The van der Waals surface area contributed by atoms with E-state index in [9.17, 15) is 4.39 Å². The molecule has 0 saturated carbocycles. The molecule has 88 valence electrons. The number of hydrogen-bond donors (Lipinski definition) is 0. The van der Waals surface area contributed by atoms with Gasteiger partial charge in [0.1, 0.15) is 18.2 Å². The molecule has 0 atom stereocenters. The van der Waals surface area contributed by atoms with Crippen LogP contribution in [0.5, 0.6) is 5.75 Å².